The van der Waals surface area contributed by atoms with Crippen LogP contribution in [0, 0.1) is 0 Å². The van der Waals surface area contributed by atoms with Crippen molar-refractivity contribution in [2.75, 3.05) is 24.5 Å². The summed E-state index contributed by atoms with van der Waals surface area (Å²) in [5.41, 5.74) is 2.45. The minimum absolute atomic E-state index is 0.0523. The molecule has 0 spiro atoms. The molecule has 124 valence electrons. The summed E-state index contributed by atoms with van der Waals surface area (Å²) in [5.74, 6) is 0.401. The zero-order valence-corrected chi connectivity index (χ0v) is 13.7. The lowest BCUT2D eigenvalue weighted by atomic mass is 9.91. The van der Waals surface area contributed by atoms with E-state index >= 15 is 0 Å². The molecule has 1 aromatic carbocycles. The fourth-order valence-corrected chi connectivity index (χ4v) is 3.47. The van der Waals surface area contributed by atoms with Gasteiger partial charge in [0.1, 0.15) is 6.04 Å². The molecule has 0 bridgehead atoms. The van der Waals surface area contributed by atoms with Crippen LogP contribution in [0.3, 0.4) is 0 Å². The Bertz CT molecular complexity index is 587. The van der Waals surface area contributed by atoms with E-state index in [-0.39, 0.29) is 17.9 Å². The molecule has 0 aliphatic carbocycles. The van der Waals surface area contributed by atoms with E-state index in [0.29, 0.717) is 19.0 Å². The summed E-state index contributed by atoms with van der Waals surface area (Å²) in [6, 6.07) is 7.90. The van der Waals surface area contributed by atoms with E-state index in [0.717, 1.165) is 37.9 Å². The van der Waals surface area contributed by atoms with Gasteiger partial charge in [0.05, 0.1) is 6.54 Å². The van der Waals surface area contributed by atoms with E-state index < -0.39 is 0 Å². The van der Waals surface area contributed by atoms with Crippen molar-refractivity contribution in [3.8, 4) is 0 Å². The number of hydrogen-bond donors (Lipinski definition) is 2. The third-order valence-electron chi connectivity index (χ3n) is 4.85. The van der Waals surface area contributed by atoms with Crippen LogP contribution in [-0.4, -0.2) is 37.5 Å². The Hall–Kier alpha value is -2.04. The van der Waals surface area contributed by atoms with Crippen LogP contribution >= 0.6 is 0 Å². The molecule has 5 nitrogen and oxygen atoms in total. The van der Waals surface area contributed by atoms with Crippen LogP contribution in [0.5, 0.6) is 0 Å². The fraction of sp³-hybridized carbons (Fsp3) is 0.556. The van der Waals surface area contributed by atoms with Crippen LogP contribution in [0.2, 0.25) is 0 Å². The van der Waals surface area contributed by atoms with Crippen LogP contribution in [0.15, 0.2) is 24.3 Å². The molecule has 5 heteroatoms. The molecule has 0 saturated carbocycles. The van der Waals surface area contributed by atoms with Gasteiger partial charge in [-0.1, -0.05) is 25.1 Å². The zero-order chi connectivity index (χ0) is 16.2. The molecule has 0 aromatic heterocycles. The van der Waals surface area contributed by atoms with Gasteiger partial charge in [0.2, 0.25) is 11.8 Å². The number of hydrogen-bond acceptors (Lipinski definition) is 3. The molecule has 2 aliphatic rings. The van der Waals surface area contributed by atoms with E-state index in [1.165, 1.54) is 5.56 Å². The Kier molecular flexibility index (Phi) is 4.84. The highest BCUT2D eigenvalue weighted by Gasteiger charge is 2.26. The van der Waals surface area contributed by atoms with Crippen LogP contribution in [0.4, 0.5) is 5.69 Å². The van der Waals surface area contributed by atoms with Crippen molar-refractivity contribution in [3.05, 3.63) is 29.8 Å². The third kappa shape index (κ3) is 3.66. The lowest BCUT2D eigenvalue weighted by Crippen LogP contribution is -2.49. The summed E-state index contributed by atoms with van der Waals surface area (Å²) >= 11 is 0. The van der Waals surface area contributed by atoms with Crippen molar-refractivity contribution in [3.63, 3.8) is 0 Å². The van der Waals surface area contributed by atoms with Gasteiger partial charge in [-0.05, 0) is 43.2 Å². The lowest BCUT2D eigenvalue weighted by Gasteiger charge is -2.34. The Morgan fingerprint density at radius 3 is 3.00 bits per heavy atom. The van der Waals surface area contributed by atoms with Crippen molar-refractivity contribution in [1.29, 1.82) is 0 Å². The van der Waals surface area contributed by atoms with Gasteiger partial charge >= 0.3 is 0 Å². The van der Waals surface area contributed by atoms with Crippen molar-refractivity contribution in [2.24, 2.45) is 0 Å². The maximum atomic E-state index is 12.4. The maximum Gasteiger partial charge on any atom is 0.242 e. The molecular formula is C18H25N3O2. The molecular weight excluding hydrogens is 290 g/mol. The summed E-state index contributed by atoms with van der Waals surface area (Å²) in [6.07, 6.45) is 3.72. The largest absolute Gasteiger partial charge is 0.362 e. The SMILES string of the molecule is C[C@@H]1CCN(CC(=O)N[C@@H]2CCCCNC2=O)c2ccccc21. The molecule has 0 unspecified atom stereocenters. The Morgan fingerprint density at radius 1 is 1.30 bits per heavy atom. The zero-order valence-electron chi connectivity index (χ0n) is 13.7. The second kappa shape index (κ2) is 7.02. The minimum atomic E-state index is -0.385. The summed E-state index contributed by atoms with van der Waals surface area (Å²) in [5, 5.41) is 5.76. The number of rotatable bonds is 3. The first-order chi connectivity index (χ1) is 11.1. The average Bonchev–Trinajstić information content (AvgIpc) is 2.75. The van der Waals surface area contributed by atoms with Crippen molar-refractivity contribution >= 4 is 17.5 Å². The van der Waals surface area contributed by atoms with Gasteiger partial charge in [-0.25, -0.2) is 0 Å². The van der Waals surface area contributed by atoms with E-state index in [1.807, 2.05) is 6.07 Å². The highest BCUT2D eigenvalue weighted by molar-refractivity contribution is 5.89. The van der Waals surface area contributed by atoms with Crippen molar-refractivity contribution in [1.82, 2.24) is 10.6 Å². The van der Waals surface area contributed by atoms with Crippen LogP contribution < -0.4 is 15.5 Å². The van der Waals surface area contributed by atoms with E-state index in [1.54, 1.807) is 0 Å². The molecule has 2 aliphatic heterocycles. The molecule has 0 radical (unpaired) electrons. The average molecular weight is 315 g/mol. The molecule has 2 atom stereocenters. The number of fused-ring (bicyclic) bond motifs is 1. The molecule has 1 fully saturated rings. The van der Waals surface area contributed by atoms with E-state index in [4.69, 9.17) is 0 Å². The van der Waals surface area contributed by atoms with Crippen LogP contribution in [-0.2, 0) is 9.59 Å². The fourth-order valence-electron chi connectivity index (χ4n) is 3.47. The third-order valence-corrected chi connectivity index (χ3v) is 4.85. The van der Waals surface area contributed by atoms with Crippen LogP contribution in [0.1, 0.15) is 44.1 Å². The molecule has 1 aromatic rings. The van der Waals surface area contributed by atoms with Gasteiger partial charge in [-0.2, -0.15) is 0 Å². The summed E-state index contributed by atoms with van der Waals surface area (Å²) in [4.78, 5) is 26.5. The van der Waals surface area contributed by atoms with E-state index in [2.05, 4.69) is 40.7 Å². The molecule has 2 N–H and O–H groups in total. The van der Waals surface area contributed by atoms with Gasteiger partial charge < -0.3 is 15.5 Å². The number of carbonyl (C=O) groups excluding carboxylic acids is 2. The first-order valence-electron chi connectivity index (χ1n) is 8.56. The summed E-state index contributed by atoms with van der Waals surface area (Å²) in [6.45, 7) is 4.13. The predicted molar refractivity (Wildman–Crippen MR) is 90.5 cm³/mol. The van der Waals surface area contributed by atoms with Gasteiger partial charge in [0.15, 0.2) is 0 Å². The Balaban J connectivity index is 1.64. The maximum absolute atomic E-state index is 12.4. The molecule has 1 saturated heterocycles. The summed E-state index contributed by atoms with van der Waals surface area (Å²) in [7, 11) is 0. The predicted octanol–water partition coefficient (Wildman–Crippen LogP) is 1.79. The standard InChI is InChI=1S/C18H25N3O2/c1-13-9-11-21(16-8-3-2-6-14(13)16)12-17(22)20-15-7-4-5-10-19-18(15)23/h2-3,6,8,13,15H,4-5,7,9-12H2,1H3,(H,19,23)(H,20,22)/t13-,15-/m1/s1. The lowest BCUT2D eigenvalue weighted by molar-refractivity contribution is -0.128. The Labute approximate surface area is 137 Å². The quantitative estimate of drug-likeness (QED) is 0.894. The number of para-hydroxylation sites is 1. The second-order valence-electron chi connectivity index (χ2n) is 6.58. The van der Waals surface area contributed by atoms with Crippen LogP contribution in [0.25, 0.3) is 0 Å². The van der Waals surface area contributed by atoms with Gasteiger partial charge in [0.25, 0.3) is 0 Å². The second-order valence-corrected chi connectivity index (χ2v) is 6.58. The number of amides is 2. The van der Waals surface area contributed by atoms with Gasteiger partial charge in [0, 0.05) is 18.8 Å². The molecule has 2 amide bonds. The first-order valence-corrected chi connectivity index (χ1v) is 8.56. The summed E-state index contributed by atoms with van der Waals surface area (Å²) < 4.78 is 0. The molecule has 3 rings (SSSR count). The number of benzene rings is 1. The number of anilines is 1. The van der Waals surface area contributed by atoms with Crippen molar-refractivity contribution < 1.29 is 9.59 Å². The van der Waals surface area contributed by atoms with Gasteiger partial charge in [-0.15, -0.1) is 0 Å². The van der Waals surface area contributed by atoms with Gasteiger partial charge in [-0.3, -0.25) is 9.59 Å². The topological polar surface area (TPSA) is 61.4 Å². The number of nitrogens with one attached hydrogen (secondary N) is 2. The Morgan fingerprint density at radius 2 is 2.13 bits per heavy atom. The number of nitrogens with zero attached hydrogens (tertiary/aromatic N) is 1. The van der Waals surface area contributed by atoms with Crippen molar-refractivity contribution in [2.45, 2.75) is 44.6 Å². The molecule has 2 heterocycles. The smallest absolute Gasteiger partial charge is 0.242 e. The minimum Gasteiger partial charge on any atom is -0.362 e. The molecule has 23 heavy (non-hydrogen) atoms. The normalized spacial score (nSPS) is 24.4. The van der Waals surface area contributed by atoms with E-state index in [9.17, 15) is 9.59 Å². The highest BCUT2D eigenvalue weighted by Crippen LogP contribution is 2.34. The monoisotopic (exact) mass is 315 g/mol. The first kappa shape index (κ1) is 15.8. The number of carbonyl (C=O) groups is 2. The highest BCUT2D eigenvalue weighted by atomic mass is 16.2.